The van der Waals surface area contributed by atoms with Crippen LogP contribution in [0.5, 0.6) is 0 Å². The minimum atomic E-state index is -0.547. The Bertz CT molecular complexity index is 815. The predicted octanol–water partition coefficient (Wildman–Crippen LogP) is 5.75. The van der Waals surface area contributed by atoms with Crippen molar-refractivity contribution >= 4 is 0 Å². The first-order valence-corrected chi connectivity index (χ1v) is 7.28. The van der Waals surface area contributed by atoms with Crippen LogP contribution in [0, 0.1) is 11.6 Å². The summed E-state index contributed by atoms with van der Waals surface area (Å²) in [4.78, 5) is 2.92. The molecule has 0 aliphatic carbocycles. The number of benzene rings is 1. The van der Waals surface area contributed by atoms with Gasteiger partial charge in [-0.2, -0.15) is 30.3 Å². The van der Waals surface area contributed by atoms with Gasteiger partial charge >= 0.3 is 17.1 Å². The van der Waals surface area contributed by atoms with E-state index in [-0.39, 0.29) is 22.6 Å². The molecule has 1 heterocycles. The normalized spacial score (nSPS) is 9.75. The smallest absolute Gasteiger partial charge is 0.362 e. The number of rotatable bonds is 2. The van der Waals surface area contributed by atoms with Crippen molar-refractivity contribution in [3.63, 3.8) is 0 Å². The molecule has 4 rings (SSSR count). The molecular formula is C20H15F2FeN. The van der Waals surface area contributed by atoms with Gasteiger partial charge in [0.2, 0.25) is 0 Å². The number of hydrogen-bond donors (Lipinski definition) is 1. The first kappa shape index (κ1) is 17.9. The minimum Gasteiger partial charge on any atom is -0.362 e. The van der Waals surface area contributed by atoms with Crippen molar-refractivity contribution in [1.29, 1.82) is 0 Å². The van der Waals surface area contributed by atoms with Crippen molar-refractivity contribution in [3.8, 4) is 22.4 Å². The third-order valence-corrected chi connectivity index (χ3v) is 3.49. The Balaban J connectivity index is 0.000000300. The van der Waals surface area contributed by atoms with Crippen LogP contribution < -0.4 is 0 Å². The fourth-order valence-corrected chi connectivity index (χ4v) is 2.38. The summed E-state index contributed by atoms with van der Waals surface area (Å²) in [5, 5.41) is 0. The van der Waals surface area contributed by atoms with Gasteiger partial charge in [-0.1, -0.05) is 17.7 Å². The number of H-pyrrole nitrogens is 1. The van der Waals surface area contributed by atoms with Crippen LogP contribution in [-0.4, -0.2) is 4.98 Å². The van der Waals surface area contributed by atoms with Crippen LogP contribution in [0.2, 0.25) is 0 Å². The maximum atomic E-state index is 14.4. The van der Waals surface area contributed by atoms with E-state index in [9.17, 15) is 8.78 Å². The van der Waals surface area contributed by atoms with Crippen LogP contribution in [-0.2, 0) is 17.1 Å². The fraction of sp³-hybridized carbons (Fsp3) is 0. The molecule has 1 N–H and O–H groups in total. The zero-order valence-corrected chi connectivity index (χ0v) is 13.8. The SMILES string of the molecule is Fc1ccc(-c2ccc[nH]2)c(F)c1-[c-]1cccc1.[Fe+2].c1cc[cH-]c1. The molecule has 0 aliphatic rings. The summed E-state index contributed by atoms with van der Waals surface area (Å²) >= 11 is 0. The molecule has 0 radical (unpaired) electrons. The number of hydrogen-bond acceptors (Lipinski definition) is 0. The molecule has 0 fully saturated rings. The van der Waals surface area contributed by atoms with E-state index in [2.05, 4.69) is 4.98 Å². The molecule has 0 spiro atoms. The molecule has 1 nitrogen and oxygen atoms in total. The van der Waals surface area contributed by atoms with E-state index in [1.807, 2.05) is 30.3 Å². The van der Waals surface area contributed by atoms with Gasteiger partial charge in [0, 0.05) is 11.9 Å². The maximum Gasteiger partial charge on any atom is 2.00 e. The Labute approximate surface area is 150 Å². The molecule has 122 valence electrons. The largest absolute Gasteiger partial charge is 2.00 e. The Morgan fingerprint density at radius 3 is 2.12 bits per heavy atom. The van der Waals surface area contributed by atoms with Crippen molar-refractivity contribution in [3.05, 3.63) is 96.7 Å². The average molecular weight is 363 g/mol. The van der Waals surface area contributed by atoms with Crippen molar-refractivity contribution in [2.75, 3.05) is 0 Å². The van der Waals surface area contributed by atoms with Crippen molar-refractivity contribution in [1.82, 2.24) is 4.98 Å². The standard InChI is InChI=1S/C15H10F2N.C5H5.Fe/c16-12-8-7-11(13-6-3-9-18-13)15(17)14(12)10-4-1-2-5-10;1-2-4-5-3-1;/h1-9,18H;1-5H;/q2*-1;+2. The zero-order chi connectivity index (χ0) is 16.1. The Morgan fingerprint density at radius 1 is 0.875 bits per heavy atom. The van der Waals surface area contributed by atoms with Crippen molar-refractivity contribution < 1.29 is 25.8 Å². The van der Waals surface area contributed by atoms with Gasteiger partial charge in [0.15, 0.2) is 0 Å². The van der Waals surface area contributed by atoms with E-state index >= 15 is 0 Å². The third-order valence-electron chi connectivity index (χ3n) is 3.49. The van der Waals surface area contributed by atoms with Gasteiger partial charge in [-0.05, 0) is 23.3 Å². The summed E-state index contributed by atoms with van der Waals surface area (Å²) in [7, 11) is 0. The maximum absolute atomic E-state index is 14.4. The second kappa shape index (κ2) is 8.44. The third kappa shape index (κ3) is 3.91. The summed E-state index contributed by atoms with van der Waals surface area (Å²) in [6, 6.07) is 23.2. The van der Waals surface area contributed by atoms with E-state index in [1.165, 1.54) is 12.1 Å². The number of aromatic nitrogens is 1. The van der Waals surface area contributed by atoms with Crippen molar-refractivity contribution in [2.45, 2.75) is 0 Å². The van der Waals surface area contributed by atoms with Crippen molar-refractivity contribution in [2.24, 2.45) is 0 Å². The summed E-state index contributed by atoms with van der Waals surface area (Å²) in [6.07, 6.45) is 1.71. The van der Waals surface area contributed by atoms with Crippen LogP contribution >= 0.6 is 0 Å². The quantitative estimate of drug-likeness (QED) is 0.345. The molecule has 0 bridgehead atoms. The number of aromatic amines is 1. The Hall–Kier alpha value is -2.42. The molecule has 3 aromatic carbocycles. The van der Waals surface area contributed by atoms with E-state index in [0.29, 0.717) is 16.8 Å². The van der Waals surface area contributed by atoms with Gasteiger partial charge in [0.25, 0.3) is 0 Å². The fourth-order valence-electron chi connectivity index (χ4n) is 2.38. The number of halogens is 2. The van der Waals surface area contributed by atoms with Crippen LogP contribution in [0.4, 0.5) is 8.78 Å². The predicted molar refractivity (Wildman–Crippen MR) is 89.2 cm³/mol. The van der Waals surface area contributed by atoms with Crippen LogP contribution in [0.3, 0.4) is 0 Å². The first-order valence-electron chi connectivity index (χ1n) is 7.28. The molecule has 0 unspecified atom stereocenters. The van der Waals surface area contributed by atoms with Crippen LogP contribution in [0.1, 0.15) is 0 Å². The van der Waals surface area contributed by atoms with Gasteiger partial charge in [0.05, 0.1) is 11.6 Å². The molecule has 0 amide bonds. The molecule has 0 atom stereocenters. The van der Waals surface area contributed by atoms with E-state index in [0.717, 1.165) is 0 Å². The zero-order valence-electron chi connectivity index (χ0n) is 12.7. The Morgan fingerprint density at radius 2 is 1.58 bits per heavy atom. The first-order chi connectivity index (χ1) is 11.3. The topological polar surface area (TPSA) is 15.8 Å². The summed E-state index contributed by atoms with van der Waals surface area (Å²) in [5.41, 5.74) is 1.59. The van der Waals surface area contributed by atoms with Gasteiger partial charge in [-0.3, -0.25) is 8.78 Å². The van der Waals surface area contributed by atoms with Crippen LogP contribution in [0.15, 0.2) is 85.1 Å². The van der Waals surface area contributed by atoms with E-state index in [4.69, 9.17) is 0 Å². The van der Waals surface area contributed by atoms with E-state index in [1.54, 1.807) is 42.6 Å². The minimum absolute atomic E-state index is 0. The van der Waals surface area contributed by atoms with Gasteiger partial charge in [0.1, 0.15) is 0 Å². The molecule has 24 heavy (non-hydrogen) atoms. The number of nitrogens with one attached hydrogen (secondary N) is 1. The monoisotopic (exact) mass is 363 g/mol. The second-order valence-corrected chi connectivity index (χ2v) is 5.00. The average Bonchev–Trinajstić information content (AvgIpc) is 3.32. The van der Waals surface area contributed by atoms with Gasteiger partial charge in [-0.25, -0.2) is 12.1 Å². The van der Waals surface area contributed by atoms with Gasteiger partial charge < -0.3 is 4.98 Å². The molecule has 0 saturated heterocycles. The Kier molecular flexibility index (Phi) is 6.30. The molecule has 0 saturated carbocycles. The summed E-state index contributed by atoms with van der Waals surface area (Å²) in [5.74, 6) is -1.09. The second-order valence-electron chi connectivity index (χ2n) is 5.00. The molecular weight excluding hydrogens is 348 g/mol. The summed E-state index contributed by atoms with van der Waals surface area (Å²) < 4.78 is 28.2. The van der Waals surface area contributed by atoms with Gasteiger partial charge in [-0.15, -0.1) is 12.1 Å². The van der Waals surface area contributed by atoms with Crippen LogP contribution in [0.25, 0.3) is 22.4 Å². The molecule has 0 aliphatic heterocycles. The summed E-state index contributed by atoms with van der Waals surface area (Å²) in [6.45, 7) is 0. The molecule has 4 aromatic rings. The van der Waals surface area contributed by atoms with E-state index < -0.39 is 11.6 Å². The molecule has 4 heteroatoms. The molecule has 1 aromatic heterocycles.